The van der Waals surface area contributed by atoms with Crippen LogP contribution in [-0.2, 0) is 19.9 Å². The van der Waals surface area contributed by atoms with Gasteiger partial charge in [-0.2, -0.15) is 0 Å². The third-order valence-corrected chi connectivity index (χ3v) is 5.53. The summed E-state index contributed by atoms with van der Waals surface area (Å²) in [4.78, 5) is 0. The zero-order valence-electron chi connectivity index (χ0n) is 11.8. The van der Waals surface area contributed by atoms with Gasteiger partial charge < -0.3 is 0 Å². The Kier molecular flexibility index (Phi) is 6.81. The molecule has 0 amide bonds. The summed E-state index contributed by atoms with van der Waals surface area (Å²) in [5, 5.41) is 0. The van der Waals surface area contributed by atoms with Gasteiger partial charge in [-0.05, 0) is 17.8 Å². The molecule has 1 N–H and O–H groups in total. The number of hydrogen-bond acceptors (Lipinski definition) is 4. The molecule has 0 spiro atoms. The van der Waals surface area contributed by atoms with E-state index in [4.69, 9.17) is 0 Å². The minimum atomic E-state index is -3.51. The molecule has 0 radical (unpaired) electrons. The van der Waals surface area contributed by atoms with Gasteiger partial charge in [0.25, 0.3) is 0 Å². The molecule has 0 aliphatic carbocycles. The highest BCUT2D eigenvalue weighted by Gasteiger charge is 2.21. The van der Waals surface area contributed by atoms with E-state index in [1.165, 1.54) is 0 Å². The predicted molar refractivity (Wildman–Crippen MR) is 74.7 cm³/mol. The summed E-state index contributed by atoms with van der Waals surface area (Å²) >= 11 is 0. The van der Waals surface area contributed by atoms with E-state index in [1.807, 2.05) is 0 Å². The number of sulfonamides is 1. The van der Waals surface area contributed by atoms with Crippen molar-refractivity contribution < 1.29 is 16.8 Å². The SMILES string of the molecule is CC(C)C(CNS(=O)(=O)CCS(C)(=O)=O)C(C)C. The summed E-state index contributed by atoms with van der Waals surface area (Å²) in [5.74, 6) is 0.300. The van der Waals surface area contributed by atoms with Gasteiger partial charge in [0.1, 0.15) is 9.84 Å². The topological polar surface area (TPSA) is 80.3 Å². The van der Waals surface area contributed by atoms with Crippen LogP contribution in [-0.4, -0.2) is 41.1 Å². The third kappa shape index (κ3) is 8.05. The standard InChI is InChI=1S/C11H25NO4S2/c1-9(2)11(10(3)4)8-12-18(15,16)7-6-17(5,13)14/h9-12H,6-8H2,1-5H3. The highest BCUT2D eigenvalue weighted by molar-refractivity contribution is 7.93. The van der Waals surface area contributed by atoms with Crippen molar-refractivity contribution in [1.82, 2.24) is 4.72 Å². The summed E-state index contributed by atoms with van der Waals surface area (Å²) < 4.78 is 47.7. The third-order valence-electron chi connectivity index (χ3n) is 2.97. The lowest BCUT2D eigenvalue weighted by Gasteiger charge is -2.24. The van der Waals surface area contributed by atoms with E-state index in [-0.39, 0.29) is 17.4 Å². The smallest absolute Gasteiger partial charge is 0.212 e. The normalized spacial score (nSPS) is 13.8. The zero-order chi connectivity index (χ0) is 14.6. The van der Waals surface area contributed by atoms with Gasteiger partial charge in [0.15, 0.2) is 0 Å². The van der Waals surface area contributed by atoms with Gasteiger partial charge in [0.05, 0.1) is 11.5 Å². The van der Waals surface area contributed by atoms with Crippen molar-refractivity contribution in [3.05, 3.63) is 0 Å². The molecule has 5 nitrogen and oxygen atoms in total. The van der Waals surface area contributed by atoms with E-state index < -0.39 is 19.9 Å². The molecule has 18 heavy (non-hydrogen) atoms. The van der Waals surface area contributed by atoms with Gasteiger partial charge in [-0.1, -0.05) is 27.7 Å². The van der Waals surface area contributed by atoms with E-state index in [0.29, 0.717) is 18.4 Å². The van der Waals surface area contributed by atoms with Crippen LogP contribution in [0.5, 0.6) is 0 Å². The summed E-state index contributed by atoms with van der Waals surface area (Å²) in [6, 6.07) is 0. The molecule has 0 atom stereocenters. The van der Waals surface area contributed by atoms with Crippen molar-refractivity contribution in [2.45, 2.75) is 27.7 Å². The second-order valence-corrected chi connectivity index (χ2v) is 9.64. The summed E-state index contributed by atoms with van der Waals surface area (Å²) in [6.45, 7) is 8.57. The van der Waals surface area contributed by atoms with Crippen molar-refractivity contribution in [2.75, 3.05) is 24.3 Å². The molecule has 7 heteroatoms. The quantitative estimate of drug-likeness (QED) is 0.721. The Bertz CT molecular complexity index is 430. The van der Waals surface area contributed by atoms with Crippen LogP contribution in [0, 0.1) is 17.8 Å². The molecule has 0 fully saturated rings. The first-order valence-corrected chi connectivity index (χ1v) is 9.81. The maximum atomic E-state index is 11.7. The maximum Gasteiger partial charge on any atom is 0.212 e. The van der Waals surface area contributed by atoms with E-state index in [9.17, 15) is 16.8 Å². The van der Waals surface area contributed by atoms with Gasteiger partial charge >= 0.3 is 0 Å². The highest BCUT2D eigenvalue weighted by atomic mass is 32.2. The molecule has 0 saturated carbocycles. The van der Waals surface area contributed by atoms with E-state index in [0.717, 1.165) is 6.26 Å². The average molecular weight is 299 g/mol. The van der Waals surface area contributed by atoms with Crippen molar-refractivity contribution in [1.29, 1.82) is 0 Å². The van der Waals surface area contributed by atoms with E-state index >= 15 is 0 Å². The lowest BCUT2D eigenvalue weighted by molar-refractivity contribution is 0.289. The van der Waals surface area contributed by atoms with Crippen LogP contribution >= 0.6 is 0 Å². The summed E-state index contributed by atoms with van der Waals surface area (Å²) in [7, 11) is -6.75. The lowest BCUT2D eigenvalue weighted by atomic mass is 9.86. The average Bonchev–Trinajstić information content (AvgIpc) is 2.12. The number of nitrogens with one attached hydrogen (secondary N) is 1. The number of hydrogen-bond donors (Lipinski definition) is 1. The number of sulfone groups is 1. The first kappa shape index (κ1) is 17.9. The molecule has 0 unspecified atom stereocenters. The van der Waals surface area contributed by atoms with Crippen LogP contribution in [0.3, 0.4) is 0 Å². The van der Waals surface area contributed by atoms with Crippen molar-refractivity contribution >= 4 is 19.9 Å². The van der Waals surface area contributed by atoms with Crippen LogP contribution in [0.25, 0.3) is 0 Å². The molecule has 110 valence electrons. The molecular formula is C11H25NO4S2. The molecule has 0 saturated heterocycles. The van der Waals surface area contributed by atoms with E-state index in [2.05, 4.69) is 32.4 Å². The van der Waals surface area contributed by atoms with Crippen LogP contribution in [0.1, 0.15) is 27.7 Å². The molecular weight excluding hydrogens is 274 g/mol. The Labute approximate surface area is 111 Å². The maximum absolute atomic E-state index is 11.7. The van der Waals surface area contributed by atoms with Crippen molar-refractivity contribution in [3.8, 4) is 0 Å². The fraction of sp³-hybridized carbons (Fsp3) is 1.00. The Morgan fingerprint density at radius 3 is 1.67 bits per heavy atom. The first-order valence-electron chi connectivity index (χ1n) is 6.09. The number of rotatable bonds is 8. The van der Waals surface area contributed by atoms with Crippen LogP contribution < -0.4 is 4.72 Å². The molecule has 0 heterocycles. The fourth-order valence-electron chi connectivity index (χ4n) is 1.80. The van der Waals surface area contributed by atoms with Crippen molar-refractivity contribution in [2.24, 2.45) is 17.8 Å². The second-order valence-electron chi connectivity index (χ2n) is 5.45. The minimum Gasteiger partial charge on any atom is -0.229 e. The molecule has 0 aromatic carbocycles. The minimum absolute atomic E-state index is 0.248. The van der Waals surface area contributed by atoms with Gasteiger partial charge in [-0.3, -0.25) is 0 Å². The fourth-order valence-corrected chi connectivity index (χ4v) is 4.48. The largest absolute Gasteiger partial charge is 0.229 e. The summed E-state index contributed by atoms with van der Waals surface area (Å²) in [6.07, 6.45) is 1.04. The van der Waals surface area contributed by atoms with Crippen LogP contribution in [0.15, 0.2) is 0 Å². The van der Waals surface area contributed by atoms with E-state index in [1.54, 1.807) is 0 Å². The Morgan fingerprint density at radius 1 is 0.889 bits per heavy atom. The Balaban J connectivity index is 4.42. The first-order chi connectivity index (χ1) is 7.94. The molecule has 0 aliphatic heterocycles. The van der Waals surface area contributed by atoms with Gasteiger partial charge in [0.2, 0.25) is 10.0 Å². The molecule has 0 aromatic rings. The van der Waals surface area contributed by atoms with Crippen LogP contribution in [0.4, 0.5) is 0 Å². The van der Waals surface area contributed by atoms with Gasteiger partial charge in [-0.25, -0.2) is 21.6 Å². The molecule has 0 bridgehead atoms. The zero-order valence-corrected chi connectivity index (χ0v) is 13.4. The molecule has 0 aromatic heterocycles. The lowest BCUT2D eigenvalue weighted by Crippen LogP contribution is -2.36. The Hall–Kier alpha value is -0.140. The Morgan fingerprint density at radius 2 is 1.33 bits per heavy atom. The second kappa shape index (κ2) is 6.86. The molecule has 0 aliphatic rings. The predicted octanol–water partition coefficient (Wildman–Crippen LogP) is 0.879. The van der Waals surface area contributed by atoms with Crippen LogP contribution in [0.2, 0.25) is 0 Å². The van der Waals surface area contributed by atoms with Gasteiger partial charge in [0, 0.05) is 12.8 Å². The van der Waals surface area contributed by atoms with Gasteiger partial charge in [-0.15, -0.1) is 0 Å². The molecule has 0 rings (SSSR count). The summed E-state index contributed by atoms with van der Waals surface area (Å²) in [5.41, 5.74) is 0. The highest BCUT2D eigenvalue weighted by Crippen LogP contribution is 2.19. The monoisotopic (exact) mass is 299 g/mol. The van der Waals surface area contributed by atoms with Crippen molar-refractivity contribution in [3.63, 3.8) is 0 Å².